The van der Waals surface area contributed by atoms with Gasteiger partial charge in [0.05, 0.1) is 29.1 Å². The molecule has 0 radical (unpaired) electrons. The van der Waals surface area contributed by atoms with Gasteiger partial charge in [0.2, 0.25) is 0 Å². The first-order valence-corrected chi connectivity index (χ1v) is 7.36. The fraction of sp³-hybridized carbons (Fsp3) is 0.250. The maximum absolute atomic E-state index is 11.2. The molecular weight excluding hydrogens is 314 g/mol. The Balaban J connectivity index is 1.94. The molecule has 2 aromatic rings. The van der Waals surface area contributed by atoms with Gasteiger partial charge in [-0.15, -0.1) is 0 Å². The van der Waals surface area contributed by atoms with Crippen LogP contribution in [0.5, 0.6) is 5.75 Å². The number of hydrogen-bond donors (Lipinski definition) is 1. The van der Waals surface area contributed by atoms with Gasteiger partial charge in [0.25, 0.3) is 11.4 Å². The van der Waals surface area contributed by atoms with Crippen molar-refractivity contribution in [1.82, 2.24) is 0 Å². The minimum atomic E-state index is -0.646. The fourth-order valence-electron chi connectivity index (χ4n) is 3.06. The summed E-state index contributed by atoms with van der Waals surface area (Å²) < 4.78 is 5.35. The topological polar surface area (TPSA) is 108 Å². The molecule has 8 heteroatoms. The molecule has 0 heterocycles. The second-order valence-corrected chi connectivity index (χ2v) is 5.48. The van der Waals surface area contributed by atoms with Crippen molar-refractivity contribution in [3.63, 3.8) is 0 Å². The molecule has 0 spiro atoms. The Morgan fingerprint density at radius 1 is 1.17 bits per heavy atom. The third kappa shape index (κ3) is 2.73. The van der Waals surface area contributed by atoms with E-state index in [2.05, 4.69) is 5.32 Å². The summed E-state index contributed by atoms with van der Waals surface area (Å²) >= 11 is 0. The number of methoxy groups -OCH3 is 1. The Hall–Kier alpha value is -3.16. The highest BCUT2D eigenvalue weighted by Gasteiger charge is 2.28. The lowest BCUT2D eigenvalue weighted by Crippen LogP contribution is -2.09. The van der Waals surface area contributed by atoms with Crippen LogP contribution in [0.1, 0.15) is 23.6 Å². The number of anilines is 1. The first kappa shape index (κ1) is 15.7. The van der Waals surface area contributed by atoms with E-state index in [1.54, 1.807) is 7.11 Å². The van der Waals surface area contributed by atoms with Gasteiger partial charge in [-0.1, -0.05) is 12.1 Å². The lowest BCUT2D eigenvalue weighted by atomic mass is 10.1. The Bertz CT molecular complexity index is 821. The van der Waals surface area contributed by atoms with Crippen LogP contribution in [0.15, 0.2) is 36.4 Å². The SMILES string of the molecule is COc1cccc2c1CCC2Nc1ccc([N+](=O)[O-])cc1[N+](=O)[O-]. The van der Waals surface area contributed by atoms with Crippen molar-refractivity contribution in [2.45, 2.75) is 18.9 Å². The quantitative estimate of drug-likeness (QED) is 0.663. The molecule has 0 amide bonds. The molecule has 124 valence electrons. The Kier molecular flexibility index (Phi) is 4.03. The predicted octanol–water partition coefficient (Wildman–Crippen LogP) is 3.61. The summed E-state index contributed by atoms with van der Waals surface area (Å²) in [7, 11) is 1.61. The number of nitrogens with one attached hydrogen (secondary N) is 1. The predicted molar refractivity (Wildman–Crippen MR) is 87.4 cm³/mol. The Labute approximate surface area is 137 Å². The smallest absolute Gasteiger partial charge is 0.299 e. The maximum atomic E-state index is 11.2. The number of nitrogens with zero attached hydrogens (tertiary/aromatic N) is 2. The van der Waals surface area contributed by atoms with Crippen LogP contribution in [0.4, 0.5) is 17.1 Å². The largest absolute Gasteiger partial charge is 0.496 e. The van der Waals surface area contributed by atoms with E-state index in [9.17, 15) is 20.2 Å². The number of non-ortho nitro benzene ring substituents is 1. The minimum absolute atomic E-state index is 0.102. The molecule has 2 aromatic carbocycles. The first-order chi connectivity index (χ1) is 11.5. The number of rotatable bonds is 5. The average molecular weight is 329 g/mol. The summed E-state index contributed by atoms with van der Waals surface area (Å²) in [5, 5.41) is 25.2. The highest BCUT2D eigenvalue weighted by Crippen LogP contribution is 2.40. The molecule has 1 N–H and O–H groups in total. The number of nitro benzene ring substituents is 2. The third-order valence-electron chi connectivity index (χ3n) is 4.17. The molecule has 0 aliphatic heterocycles. The summed E-state index contributed by atoms with van der Waals surface area (Å²) in [6, 6.07) is 9.24. The zero-order chi connectivity index (χ0) is 17.3. The van der Waals surface area contributed by atoms with Crippen LogP contribution in [0, 0.1) is 20.2 Å². The van der Waals surface area contributed by atoms with Crippen molar-refractivity contribution in [2.75, 3.05) is 12.4 Å². The number of benzene rings is 2. The highest BCUT2D eigenvalue weighted by molar-refractivity contribution is 5.66. The summed E-state index contributed by atoms with van der Waals surface area (Å²) in [4.78, 5) is 20.8. The van der Waals surface area contributed by atoms with Crippen molar-refractivity contribution < 1.29 is 14.6 Å². The molecule has 0 saturated carbocycles. The van der Waals surface area contributed by atoms with Gasteiger partial charge in [0, 0.05) is 6.07 Å². The van der Waals surface area contributed by atoms with E-state index in [1.165, 1.54) is 12.1 Å². The van der Waals surface area contributed by atoms with Gasteiger partial charge in [-0.05, 0) is 36.1 Å². The van der Waals surface area contributed by atoms with Crippen molar-refractivity contribution in [2.24, 2.45) is 0 Å². The van der Waals surface area contributed by atoms with Gasteiger partial charge >= 0.3 is 0 Å². The fourth-order valence-corrected chi connectivity index (χ4v) is 3.06. The van der Waals surface area contributed by atoms with Crippen LogP contribution >= 0.6 is 0 Å². The minimum Gasteiger partial charge on any atom is -0.496 e. The molecule has 0 bridgehead atoms. The number of ether oxygens (including phenoxy) is 1. The first-order valence-electron chi connectivity index (χ1n) is 7.36. The molecule has 0 saturated heterocycles. The lowest BCUT2D eigenvalue weighted by molar-refractivity contribution is -0.393. The van der Waals surface area contributed by atoms with E-state index >= 15 is 0 Å². The Morgan fingerprint density at radius 2 is 1.96 bits per heavy atom. The average Bonchev–Trinajstić information content (AvgIpc) is 2.98. The maximum Gasteiger partial charge on any atom is 0.299 e. The van der Waals surface area contributed by atoms with Gasteiger partial charge in [0.15, 0.2) is 0 Å². The molecule has 3 rings (SSSR count). The monoisotopic (exact) mass is 329 g/mol. The zero-order valence-electron chi connectivity index (χ0n) is 12.9. The number of fused-ring (bicyclic) bond motifs is 1. The van der Waals surface area contributed by atoms with Crippen molar-refractivity contribution >= 4 is 17.1 Å². The van der Waals surface area contributed by atoms with E-state index < -0.39 is 9.85 Å². The molecule has 1 aliphatic carbocycles. The Morgan fingerprint density at radius 3 is 2.62 bits per heavy atom. The van der Waals surface area contributed by atoms with E-state index in [-0.39, 0.29) is 23.1 Å². The molecule has 1 unspecified atom stereocenters. The van der Waals surface area contributed by atoms with Crippen LogP contribution in [0.3, 0.4) is 0 Å². The van der Waals surface area contributed by atoms with Crippen molar-refractivity contribution in [3.05, 3.63) is 67.8 Å². The second-order valence-electron chi connectivity index (χ2n) is 5.48. The zero-order valence-corrected chi connectivity index (χ0v) is 12.9. The normalized spacial score (nSPS) is 15.6. The summed E-state index contributed by atoms with van der Waals surface area (Å²) in [6.45, 7) is 0. The summed E-state index contributed by atoms with van der Waals surface area (Å²) in [6.07, 6.45) is 1.57. The molecule has 0 aromatic heterocycles. The van der Waals surface area contributed by atoms with Gasteiger partial charge < -0.3 is 10.1 Å². The number of nitro groups is 2. The highest BCUT2D eigenvalue weighted by atomic mass is 16.6. The molecular formula is C16H15N3O5. The van der Waals surface area contributed by atoms with Crippen LogP contribution in [0.25, 0.3) is 0 Å². The summed E-state index contributed by atoms with van der Waals surface area (Å²) in [5.74, 6) is 0.801. The molecule has 8 nitrogen and oxygen atoms in total. The number of hydrogen-bond acceptors (Lipinski definition) is 6. The van der Waals surface area contributed by atoms with Gasteiger partial charge in [-0.25, -0.2) is 0 Å². The van der Waals surface area contributed by atoms with Gasteiger partial charge in [-0.2, -0.15) is 0 Å². The third-order valence-corrected chi connectivity index (χ3v) is 4.17. The van der Waals surface area contributed by atoms with E-state index in [1.807, 2.05) is 18.2 Å². The van der Waals surface area contributed by atoms with Crippen LogP contribution < -0.4 is 10.1 Å². The van der Waals surface area contributed by atoms with Crippen LogP contribution in [0.2, 0.25) is 0 Å². The van der Waals surface area contributed by atoms with E-state index in [0.29, 0.717) is 0 Å². The summed E-state index contributed by atoms with van der Waals surface area (Å²) in [5.41, 5.74) is 1.77. The molecule has 1 aliphatic rings. The molecule has 1 atom stereocenters. The molecule has 0 fully saturated rings. The second kappa shape index (κ2) is 6.15. The van der Waals surface area contributed by atoms with Crippen LogP contribution in [-0.2, 0) is 6.42 Å². The van der Waals surface area contributed by atoms with Crippen molar-refractivity contribution in [1.29, 1.82) is 0 Å². The van der Waals surface area contributed by atoms with Crippen LogP contribution in [-0.4, -0.2) is 17.0 Å². The van der Waals surface area contributed by atoms with E-state index in [4.69, 9.17) is 4.74 Å². The standard InChI is InChI=1S/C16H15N3O5/c1-24-16-4-2-3-11-12(16)6-8-13(11)17-14-7-5-10(18(20)21)9-15(14)19(22)23/h2-5,7,9,13,17H,6,8H2,1H3. The molecule has 24 heavy (non-hydrogen) atoms. The van der Waals surface area contributed by atoms with Crippen molar-refractivity contribution in [3.8, 4) is 5.75 Å². The lowest BCUT2D eigenvalue weighted by Gasteiger charge is -2.16. The van der Waals surface area contributed by atoms with Gasteiger partial charge in [0.1, 0.15) is 11.4 Å². The van der Waals surface area contributed by atoms with Gasteiger partial charge in [-0.3, -0.25) is 20.2 Å². The van der Waals surface area contributed by atoms with E-state index in [0.717, 1.165) is 35.8 Å².